The van der Waals surface area contributed by atoms with E-state index >= 15 is 0 Å². The second-order valence-corrected chi connectivity index (χ2v) is 25.3. The minimum atomic E-state index is -1.59. The van der Waals surface area contributed by atoms with E-state index in [-0.39, 0.29) is 18.9 Å². The summed E-state index contributed by atoms with van der Waals surface area (Å²) in [6, 6.07) is -0.855. The molecule has 7 unspecified atom stereocenters. The van der Waals surface area contributed by atoms with Gasteiger partial charge in [-0.2, -0.15) is 0 Å². The van der Waals surface area contributed by atoms with Gasteiger partial charge >= 0.3 is 0 Å². The van der Waals surface area contributed by atoms with Crippen molar-refractivity contribution in [2.75, 3.05) is 13.2 Å². The van der Waals surface area contributed by atoms with Gasteiger partial charge < -0.3 is 40.3 Å². The number of aliphatic hydroxyl groups excluding tert-OH is 5. The summed E-state index contributed by atoms with van der Waals surface area (Å²) in [5.74, 6) is -0.222. The van der Waals surface area contributed by atoms with Crippen molar-refractivity contribution in [2.45, 2.75) is 346 Å². The number of ether oxygens (including phenoxy) is 2. The van der Waals surface area contributed by atoms with E-state index in [4.69, 9.17) is 9.47 Å². The molecule has 1 rings (SSSR count). The molecule has 0 aromatic heterocycles. The summed E-state index contributed by atoms with van der Waals surface area (Å²) in [6.45, 7) is 3.65. The average Bonchev–Trinajstić information content (AvgIpc) is 1.00. The van der Waals surface area contributed by atoms with Gasteiger partial charge in [0.05, 0.1) is 25.4 Å². The topological polar surface area (TPSA) is 149 Å². The summed E-state index contributed by atoms with van der Waals surface area (Å²) in [5, 5.41) is 54.8. The van der Waals surface area contributed by atoms with Gasteiger partial charge in [-0.25, -0.2) is 0 Å². The van der Waals surface area contributed by atoms with E-state index in [9.17, 15) is 30.3 Å². The Morgan fingerprint density at radius 1 is 0.380 bits per heavy atom. The second-order valence-electron chi connectivity index (χ2n) is 25.3. The zero-order valence-electron chi connectivity index (χ0n) is 58.7. The molecule has 0 aromatic rings. The van der Waals surface area contributed by atoms with Gasteiger partial charge in [-0.1, -0.05) is 339 Å². The molecule has 9 nitrogen and oxygen atoms in total. The van der Waals surface area contributed by atoms with Crippen LogP contribution in [-0.2, 0) is 14.3 Å². The van der Waals surface area contributed by atoms with Crippen molar-refractivity contribution in [2.24, 2.45) is 0 Å². The number of allylic oxidation sites excluding steroid dienone is 25. The average molecular weight is 1280 g/mol. The largest absolute Gasteiger partial charge is 0.394 e. The lowest BCUT2D eigenvalue weighted by Crippen LogP contribution is -2.60. The fraction of sp³-hybridized carbons (Fsp3) is 0.675. The second kappa shape index (κ2) is 69.6. The predicted molar refractivity (Wildman–Crippen MR) is 396 cm³/mol. The first-order chi connectivity index (χ1) is 45.3. The molecule has 0 saturated carbocycles. The predicted octanol–water partition coefficient (Wildman–Crippen LogP) is 21.5. The Balaban J connectivity index is 2.20. The van der Waals surface area contributed by atoms with Crippen LogP contribution in [0.5, 0.6) is 0 Å². The quantitative estimate of drug-likeness (QED) is 0.0261. The summed E-state index contributed by atoms with van der Waals surface area (Å²) < 4.78 is 11.3. The van der Waals surface area contributed by atoms with Crippen LogP contribution in [0.1, 0.15) is 303 Å². The highest BCUT2D eigenvalue weighted by molar-refractivity contribution is 5.76. The van der Waals surface area contributed by atoms with Crippen molar-refractivity contribution >= 4 is 5.91 Å². The molecule has 1 aliphatic rings. The molecular weight excluding hydrogens is 1140 g/mol. The summed E-state index contributed by atoms with van der Waals surface area (Å²) in [5.41, 5.74) is 0. The van der Waals surface area contributed by atoms with E-state index in [1.54, 1.807) is 6.08 Å². The maximum absolute atomic E-state index is 13.1. The first-order valence-corrected chi connectivity index (χ1v) is 37.7. The summed E-state index contributed by atoms with van der Waals surface area (Å²) in [7, 11) is 0. The molecule has 524 valence electrons. The molecule has 92 heavy (non-hydrogen) atoms. The zero-order chi connectivity index (χ0) is 66.4. The number of carbonyl (C=O) groups excluding carboxylic acids is 1. The first kappa shape index (κ1) is 85.8. The molecule has 0 bridgehead atoms. The van der Waals surface area contributed by atoms with Crippen LogP contribution < -0.4 is 5.32 Å². The minimum absolute atomic E-state index is 0.222. The van der Waals surface area contributed by atoms with Gasteiger partial charge in [0.25, 0.3) is 0 Å². The Morgan fingerprint density at radius 3 is 1.04 bits per heavy atom. The third kappa shape index (κ3) is 57.3. The fourth-order valence-corrected chi connectivity index (χ4v) is 11.0. The monoisotopic (exact) mass is 1280 g/mol. The van der Waals surface area contributed by atoms with Gasteiger partial charge in [0.2, 0.25) is 5.91 Å². The van der Waals surface area contributed by atoms with E-state index in [1.165, 1.54) is 167 Å². The lowest BCUT2D eigenvalue weighted by atomic mass is 9.99. The van der Waals surface area contributed by atoms with Gasteiger partial charge in [-0.3, -0.25) is 4.79 Å². The van der Waals surface area contributed by atoms with Crippen LogP contribution in [0.4, 0.5) is 0 Å². The molecule has 0 radical (unpaired) electrons. The first-order valence-electron chi connectivity index (χ1n) is 37.7. The van der Waals surface area contributed by atoms with Crippen molar-refractivity contribution < 1.29 is 39.8 Å². The van der Waals surface area contributed by atoms with E-state index in [0.29, 0.717) is 6.42 Å². The molecule has 1 saturated heterocycles. The Morgan fingerprint density at radius 2 is 0.685 bits per heavy atom. The number of rotatable bonds is 64. The van der Waals surface area contributed by atoms with Crippen LogP contribution in [0.25, 0.3) is 0 Å². The minimum Gasteiger partial charge on any atom is -0.394 e. The SMILES string of the molecule is CC/C=C\C/C=C\C/C=C\C/C=C\C/C=C\C/C=C\C/C=C\C/C=C\C/C=C\C/C=C\C/C=C\CCCCCC(=O)NC(COC1OC(CO)C(O)C(O)C1O)C(O)/C=C/CC/C=C/CCCCCCCCCCCCCCCCCCCCCCCCCCCC. The van der Waals surface area contributed by atoms with Crippen LogP contribution >= 0.6 is 0 Å². The lowest BCUT2D eigenvalue weighted by Gasteiger charge is -2.40. The number of hydrogen-bond donors (Lipinski definition) is 6. The highest BCUT2D eigenvalue weighted by atomic mass is 16.7. The summed E-state index contributed by atoms with van der Waals surface area (Å²) in [6.07, 6.45) is 102. The molecule has 1 amide bonds. The lowest BCUT2D eigenvalue weighted by molar-refractivity contribution is -0.302. The highest BCUT2D eigenvalue weighted by Crippen LogP contribution is 2.23. The van der Waals surface area contributed by atoms with E-state index in [1.807, 2.05) is 6.08 Å². The van der Waals surface area contributed by atoms with Gasteiger partial charge in [-0.15, -0.1) is 0 Å². The Labute approximate surface area is 565 Å². The van der Waals surface area contributed by atoms with Crippen LogP contribution in [0.15, 0.2) is 158 Å². The molecule has 6 N–H and O–H groups in total. The smallest absolute Gasteiger partial charge is 0.220 e. The van der Waals surface area contributed by atoms with Crippen molar-refractivity contribution in [3.8, 4) is 0 Å². The van der Waals surface area contributed by atoms with Crippen molar-refractivity contribution in [1.29, 1.82) is 0 Å². The van der Waals surface area contributed by atoms with E-state index < -0.39 is 49.5 Å². The van der Waals surface area contributed by atoms with Crippen LogP contribution in [0.3, 0.4) is 0 Å². The van der Waals surface area contributed by atoms with Crippen LogP contribution in [0.2, 0.25) is 0 Å². The van der Waals surface area contributed by atoms with Gasteiger partial charge in [0.15, 0.2) is 6.29 Å². The molecule has 1 heterocycles. The van der Waals surface area contributed by atoms with Crippen molar-refractivity contribution in [3.63, 3.8) is 0 Å². The van der Waals surface area contributed by atoms with E-state index in [0.717, 1.165) is 109 Å². The standard InChI is InChI=1S/C83H139NO8/c1-3-5-7-9-11-13-15-17-19-21-23-25-27-29-31-33-35-37-38-39-40-41-43-45-47-49-51-53-55-57-59-61-63-65-67-69-71-73-79(87)84-76(75-91-83-82(90)81(89)80(88)78(74-85)92-83)77(86)72-70-68-66-64-62-60-58-56-54-52-50-48-46-44-42-36-34-32-30-28-26-24-22-20-18-16-14-12-10-8-6-4-2/h5,7,11,13,17,19,23,25,29,31,35,37,39-40,43,45,49,51,55,57,61-64,70,72,76-78,80-83,85-86,88-90H,3-4,6,8-10,12,14-16,18,20-22,24,26-28,30,32-34,36,38,41-42,44,46-48,50,52-54,56,58-60,65-69,71,73-75H2,1-2H3,(H,84,87)/b7-5-,13-11-,19-17-,25-23-,31-29-,37-35-,40-39-,45-43-,51-49-,57-55-,63-61-,64-62+,72-70+. The van der Waals surface area contributed by atoms with Gasteiger partial charge in [0, 0.05) is 6.42 Å². The maximum atomic E-state index is 13.1. The van der Waals surface area contributed by atoms with Gasteiger partial charge in [-0.05, 0) is 116 Å². The van der Waals surface area contributed by atoms with E-state index in [2.05, 4.69) is 165 Å². The molecule has 7 atom stereocenters. The zero-order valence-corrected chi connectivity index (χ0v) is 58.7. The Kier molecular flexibility index (Phi) is 65.0. The number of amides is 1. The third-order valence-electron chi connectivity index (χ3n) is 16.8. The molecule has 0 aliphatic carbocycles. The van der Waals surface area contributed by atoms with Crippen molar-refractivity contribution in [1.82, 2.24) is 5.32 Å². The highest BCUT2D eigenvalue weighted by Gasteiger charge is 2.44. The molecule has 0 spiro atoms. The van der Waals surface area contributed by atoms with Crippen molar-refractivity contribution in [3.05, 3.63) is 158 Å². The third-order valence-corrected chi connectivity index (χ3v) is 16.8. The molecule has 9 heteroatoms. The number of carbonyl (C=O) groups is 1. The van der Waals surface area contributed by atoms with Crippen LogP contribution in [0, 0.1) is 0 Å². The maximum Gasteiger partial charge on any atom is 0.220 e. The fourth-order valence-electron chi connectivity index (χ4n) is 11.0. The van der Waals surface area contributed by atoms with Gasteiger partial charge in [0.1, 0.15) is 24.4 Å². The van der Waals surface area contributed by atoms with Crippen LogP contribution in [-0.4, -0.2) is 87.5 Å². The number of aliphatic hydroxyl groups is 5. The number of nitrogens with one attached hydrogen (secondary N) is 1. The number of unbranched alkanes of at least 4 members (excludes halogenated alkanes) is 30. The Bertz CT molecular complexity index is 2020. The molecule has 1 aliphatic heterocycles. The molecule has 0 aromatic carbocycles. The normalized spacial score (nSPS) is 18.6. The number of hydrogen-bond acceptors (Lipinski definition) is 8. The molecule has 1 fully saturated rings. The molecular formula is C83H139NO8. The summed E-state index contributed by atoms with van der Waals surface area (Å²) >= 11 is 0. The summed E-state index contributed by atoms with van der Waals surface area (Å²) in [4.78, 5) is 13.1. The Hall–Kier alpha value is -4.19.